The van der Waals surface area contributed by atoms with Crippen molar-refractivity contribution in [2.75, 3.05) is 0 Å². The summed E-state index contributed by atoms with van der Waals surface area (Å²) < 4.78 is 1.69. The average Bonchev–Trinajstić information content (AvgIpc) is 3.11. The van der Waals surface area contributed by atoms with Crippen LogP contribution in [-0.2, 0) is 6.54 Å². The van der Waals surface area contributed by atoms with Crippen LogP contribution in [0.2, 0.25) is 0 Å². The second kappa shape index (κ2) is 6.83. The fourth-order valence-corrected chi connectivity index (χ4v) is 2.23. The van der Waals surface area contributed by atoms with Gasteiger partial charge in [0, 0.05) is 18.9 Å². The van der Waals surface area contributed by atoms with Crippen molar-refractivity contribution in [1.82, 2.24) is 25.3 Å². The van der Waals surface area contributed by atoms with E-state index < -0.39 is 0 Å². The fourth-order valence-electron chi connectivity index (χ4n) is 2.23. The maximum Gasteiger partial charge on any atom is 0.273 e. The van der Waals surface area contributed by atoms with E-state index in [1.165, 1.54) is 0 Å². The molecule has 23 heavy (non-hydrogen) atoms. The van der Waals surface area contributed by atoms with Crippen molar-refractivity contribution in [3.63, 3.8) is 0 Å². The van der Waals surface area contributed by atoms with Crippen molar-refractivity contribution in [1.29, 1.82) is 0 Å². The summed E-state index contributed by atoms with van der Waals surface area (Å²) in [5.74, 6) is -0.250. The van der Waals surface area contributed by atoms with Crippen LogP contribution in [0, 0.1) is 0 Å². The van der Waals surface area contributed by atoms with E-state index in [-0.39, 0.29) is 11.9 Å². The Hall–Kier alpha value is -3.02. The monoisotopic (exact) mass is 307 g/mol. The van der Waals surface area contributed by atoms with E-state index >= 15 is 0 Å². The van der Waals surface area contributed by atoms with Crippen molar-refractivity contribution < 1.29 is 4.79 Å². The Morgan fingerprint density at radius 2 is 2.04 bits per heavy atom. The number of amides is 1. The molecule has 6 nitrogen and oxygen atoms in total. The quantitative estimate of drug-likeness (QED) is 0.784. The molecule has 3 rings (SSSR count). The minimum absolute atomic E-state index is 0.0172. The standard InChI is InChI=1S/C17H17N5O/c1-13(15-7-3-2-4-8-15)22-12-16(20-21-22)17(23)19-11-14-6-5-9-18-10-14/h2-10,12-13H,11H2,1H3,(H,19,23)/t13-/m0/s1. The number of rotatable bonds is 5. The minimum atomic E-state index is -0.250. The second-order valence-electron chi connectivity index (χ2n) is 5.21. The Morgan fingerprint density at radius 1 is 1.22 bits per heavy atom. The Kier molecular flexibility index (Phi) is 4.42. The Balaban J connectivity index is 1.65. The molecule has 3 aromatic rings. The van der Waals surface area contributed by atoms with Crippen molar-refractivity contribution in [3.05, 3.63) is 77.9 Å². The van der Waals surface area contributed by atoms with E-state index in [4.69, 9.17) is 0 Å². The normalized spacial score (nSPS) is 11.9. The van der Waals surface area contributed by atoms with Crippen molar-refractivity contribution in [3.8, 4) is 0 Å². The van der Waals surface area contributed by atoms with E-state index in [1.807, 2.05) is 49.4 Å². The maximum atomic E-state index is 12.1. The van der Waals surface area contributed by atoms with E-state index in [0.717, 1.165) is 11.1 Å². The first-order valence-electron chi connectivity index (χ1n) is 7.38. The molecule has 0 spiro atoms. The Labute approximate surface area is 134 Å². The van der Waals surface area contributed by atoms with Crippen LogP contribution in [0.1, 0.15) is 34.6 Å². The van der Waals surface area contributed by atoms with Gasteiger partial charge in [-0.05, 0) is 24.1 Å². The summed E-state index contributed by atoms with van der Waals surface area (Å²) in [7, 11) is 0. The highest BCUT2D eigenvalue weighted by atomic mass is 16.2. The molecule has 0 fully saturated rings. The first-order chi connectivity index (χ1) is 11.2. The van der Waals surface area contributed by atoms with Gasteiger partial charge in [-0.3, -0.25) is 9.78 Å². The molecule has 0 aliphatic carbocycles. The van der Waals surface area contributed by atoms with Gasteiger partial charge >= 0.3 is 0 Å². The third-order valence-corrected chi connectivity index (χ3v) is 3.60. The number of carbonyl (C=O) groups is 1. The predicted octanol–water partition coefficient (Wildman–Crippen LogP) is 2.21. The number of hydrogen-bond donors (Lipinski definition) is 1. The van der Waals surface area contributed by atoms with Gasteiger partial charge in [0.05, 0.1) is 12.2 Å². The van der Waals surface area contributed by atoms with Crippen LogP contribution in [0.25, 0.3) is 0 Å². The van der Waals surface area contributed by atoms with Gasteiger partial charge in [-0.1, -0.05) is 41.6 Å². The predicted molar refractivity (Wildman–Crippen MR) is 85.7 cm³/mol. The Morgan fingerprint density at radius 3 is 2.78 bits per heavy atom. The molecule has 116 valence electrons. The molecule has 1 atom stereocenters. The van der Waals surface area contributed by atoms with Gasteiger partial charge in [0.15, 0.2) is 5.69 Å². The molecule has 0 saturated carbocycles. The van der Waals surface area contributed by atoms with Gasteiger partial charge in [0.2, 0.25) is 0 Å². The highest BCUT2D eigenvalue weighted by Gasteiger charge is 2.14. The van der Waals surface area contributed by atoms with Crippen LogP contribution < -0.4 is 5.32 Å². The molecule has 6 heteroatoms. The number of nitrogens with one attached hydrogen (secondary N) is 1. The molecule has 1 amide bonds. The van der Waals surface area contributed by atoms with Gasteiger partial charge in [0.1, 0.15) is 0 Å². The Bertz CT molecular complexity index is 770. The summed E-state index contributed by atoms with van der Waals surface area (Å²) in [5, 5.41) is 10.8. The van der Waals surface area contributed by atoms with E-state index in [0.29, 0.717) is 12.2 Å². The molecule has 1 N–H and O–H groups in total. The summed E-state index contributed by atoms with van der Waals surface area (Å²) in [5.41, 5.74) is 2.35. The number of aromatic nitrogens is 4. The topological polar surface area (TPSA) is 72.7 Å². The summed E-state index contributed by atoms with van der Waals surface area (Å²) in [6, 6.07) is 13.7. The molecule has 0 saturated heterocycles. The zero-order valence-electron chi connectivity index (χ0n) is 12.8. The minimum Gasteiger partial charge on any atom is -0.346 e. The van der Waals surface area contributed by atoms with E-state index in [9.17, 15) is 4.79 Å². The number of benzene rings is 1. The highest BCUT2D eigenvalue weighted by Crippen LogP contribution is 2.16. The SMILES string of the molecule is C[C@@H](c1ccccc1)n1cc(C(=O)NCc2cccnc2)nn1. The second-order valence-corrected chi connectivity index (χ2v) is 5.21. The molecule has 0 radical (unpaired) electrons. The zero-order valence-corrected chi connectivity index (χ0v) is 12.8. The van der Waals surface area contributed by atoms with Gasteiger partial charge in [-0.25, -0.2) is 4.68 Å². The lowest BCUT2D eigenvalue weighted by Gasteiger charge is -2.10. The van der Waals surface area contributed by atoms with Gasteiger partial charge in [-0.2, -0.15) is 0 Å². The molecule has 2 heterocycles. The molecule has 0 unspecified atom stereocenters. The van der Waals surface area contributed by atoms with Crippen LogP contribution in [0.5, 0.6) is 0 Å². The largest absolute Gasteiger partial charge is 0.346 e. The van der Waals surface area contributed by atoms with Crippen LogP contribution in [-0.4, -0.2) is 25.9 Å². The van der Waals surface area contributed by atoms with Crippen molar-refractivity contribution >= 4 is 5.91 Å². The van der Waals surface area contributed by atoms with Gasteiger partial charge < -0.3 is 5.32 Å². The molecular formula is C17H17N5O. The summed E-state index contributed by atoms with van der Waals surface area (Å²) in [6.07, 6.45) is 5.08. The molecular weight excluding hydrogens is 290 g/mol. The average molecular weight is 307 g/mol. The summed E-state index contributed by atoms with van der Waals surface area (Å²) in [4.78, 5) is 16.2. The van der Waals surface area contributed by atoms with Gasteiger partial charge in [-0.15, -0.1) is 5.10 Å². The lowest BCUT2D eigenvalue weighted by atomic mass is 10.1. The highest BCUT2D eigenvalue weighted by molar-refractivity contribution is 5.91. The molecule has 1 aromatic carbocycles. The van der Waals surface area contributed by atoms with Crippen LogP contribution >= 0.6 is 0 Å². The van der Waals surface area contributed by atoms with Crippen LogP contribution in [0.4, 0.5) is 0 Å². The molecule has 2 aromatic heterocycles. The lowest BCUT2D eigenvalue weighted by molar-refractivity contribution is 0.0946. The number of pyridine rings is 1. The first-order valence-corrected chi connectivity index (χ1v) is 7.38. The summed E-state index contributed by atoms with van der Waals surface area (Å²) in [6.45, 7) is 2.43. The molecule has 0 bridgehead atoms. The van der Waals surface area contributed by atoms with Crippen molar-refractivity contribution in [2.45, 2.75) is 19.5 Å². The molecule has 0 aliphatic heterocycles. The van der Waals surface area contributed by atoms with Crippen LogP contribution in [0.15, 0.2) is 61.1 Å². The van der Waals surface area contributed by atoms with Crippen molar-refractivity contribution in [2.24, 2.45) is 0 Å². The van der Waals surface area contributed by atoms with Gasteiger partial charge in [0.25, 0.3) is 5.91 Å². The van der Waals surface area contributed by atoms with E-state index in [1.54, 1.807) is 23.3 Å². The number of carbonyl (C=O) groups excluding carboxylic acids is 1. The van der Waals surface area contributed by atoms with E-state index in [2.05, 4.69) is 20.6 Å². The number of hydrogen-bond acceptors (Lipinski definition) is 4. The summed E-state index contributed by atoms with van der Waals surface area (Å²) >= 11 is 0. The van der Waals surface area contributed by atoms with Crippen LogP contribution in [0.3, 0.4) is 0 Å². The third-order valence-electron chi connectivity index (χ3n) is 3.60. The third kappa shape index (κ3) is 3.60. The zero-order chi connectivity index (χ0) is 16.1. The first kappa shape index (κ1) is 14.9. The smallest absolute Gasteiger partial charge is 0.273 e. The maximum absolute atomic E-state index is 12.1. The molecule has 0 aliphatic rings. The lowest BCUT2D eigenvalue weighted by Crippen LogP contribution is -2.23. The number of nitrogens with zero attached hydrogens (tertiary/aromatic N) is 4. The fraction of sp³-hybridized carbons (Fsp3) is 0.176.